The number of benzene rings is 3. The van der Waals surface area contributed by atoms with Gasteiger partial charge in [-0.05, 0) is 17.7 Å². The van der Waals surface area contributed by atoms with Crippen molar-refractivity contribution in [3.8, 4) is 22.8 Å². The van der Waals surface area contributed by atoms with Crippen molar-refractivity contribution in [1.29, 1.82) is 0 Å². The third-order valence-corrected chi connectivity index (χ3v) is 6.96. The van der Waals surface area contributed by atoms with Gasteiger partial charge in [0.2, 0.25) is 0 Å². The largest absolute Gasteiger partial charge is 0.493 e. The molecule has 2 atom stereocenters. The highest BCUT2D eigenvalue weighted by Gasteiger charge is 2.34. The topological polar surface area (TPSA) is 75.7 Å². The maximum absolute atomic E-state index is 13.4. The molecule has 0 saturated carbocycles. The number of carbonyl (C=O) groups is 1. The summed E-state index contributed by atoms with van der Waals surface area (Å²) >= 11 is 0. The van der Waals surface area contributed by atoms with Gasteiger partial charge in [-0.1, -0.05) is 60.7 Å². The van der Waals surface area contributed by atoms with Gasteiger partial charge in [-0.3, -0.25) is 4.90 Å². The number of nitrogens with one attached hydrogen (secondary N) is 2. The highest BCUT2D eigenvalue weighted by Crippen LogP contribution is 2.36. The average molecular weight is 515 g/mol. The van der Waals surface area contributed by atoms with E-state index in [2.05, 4.69) is 27.7 Å². The van der Waals surface area contributed by atoms with E-state index in [1.807, 2.05) is 66.7 Å². The van der Waals surface area contributed by atoms with Crippen molar-refractivity contribution in [3.63, 3.8) is 0 Å². The third-order valence-electron chi connectivity index (χ3n) is 6.96. The molecular weight excluding hydrogens is 483 g/mol. The molecule has 1 fully saturated rings. The minimum absolute atomic E-state index is 0.0635. The van der Waals surface area contributed by atoms with E-state index in [0.29, 0.717) is 48.0 Å². The smallest absolute Gasteiger partial charge is 0.319 e. The Balaban J connectivity index is 1.46. The third kappa shape index (κ3) is 5.40. The van der Waals surface area contributed by atoms with Crippen molar-refractivity contribution in [2.24, 2.45) is 0 Å². The fraction of sp³-hybridized carbons (Fsp3) is 0.267. The van der Waals surface area contributed by atoms with Gasteiger partial charge in [-0.15, -0.1) is 0 Å². The summed E-state index contributed by atoms with van der Waals surface area (Å²) < 4.78 is 24.0. The Bertz CT molecular complexity index is 1400. The normalized spacial score (nSPS) is 17.3. The lowest BCUT2D eigenvalue weighted by atomic mass is 9.94. The van der Waals surface area contributed by atoms with Crippen molar-refractivity contribution >= 4 is 22.6 Å². The van der Waals surface area contributed by atoms with Gasteiger partial charge in [0.05, 0.1) is 37.2 Å². The molecule has 2 amide bonds. The summed E-state index contributed by atoms with van der Waals surface area (Å²) in [5, 5.41) is 6.98. The number of likely N-dealkylation sites (tertiary alicyclic amines) is 1. The number of urea groups is 1. The highest BCUT2D eigenvalue weighted by molar-refractivity contribution is 5.98. The fourth-order valence-electron chi connectivity index (χ4n) is 5.11. The molecular formula is C30H31FN4O3. The zero-order chi connectivity index (χ0) is 26.5. The number of halogens is 1. The molecule has 1 aliphatic rings. The van der Waals surface area contributed by atoms with Crippen LogP contribution in [0.1, 0.15) is 11.5 Å². The molecule has 8 heteroatoms. The molecule has 2 N–H and O–H groups in total. The van der Waals surface area contributed by atoms with Crippen molar-refractivity contribution < 1.29 is 18.7 Å². The number of aromatic nitrogens is 1. The molecule has 0 bridgehead atoms. The van der Waals surface area contributed by atoms with E-state index in [1.54, 1.807) is 14.2 Å². The van der Waals surface area contributed by atoms with Gasteiger partial charge in [0.1, 0.15) is 6.67 Å². The molecule has 0 radical (unpaired) electrons. The maximum Gasteiger partial charge on any atom is 0.319 e. The van der Waals surface area contributed by atoms with Crippen LogP contribution >= 0.6 is 0 Å². The van der Waals surface area contributed by atoms with Gasteiger partial charge in [0, 0.05) is 42.6 Å². The molecule has 196 valence electrons. The van der Waals surface area contributed by atoms with Gasteiger partial charge in [0.15, 0.2) is 11.5 Å². The summed E-state index contributed by atoms with van der Waals surface area (Å²) in [6, 6.07) is 24.8. The molecule has 5 rings (SSSR count). The molecule has 3 aromatic carbocycles. The van der Waals surface area contributed by atoms with E-state index in [4.69, 9.17) is 14.5 Å². The van der Waals surface area contributed by atoms with Crippen LogP contribution in [0.3, 0.4) is 0 Å². The summed E-state index contributed by atoms with van der Waals surface area (Å²) in [5.74, 6) is 1.22. The quantitative estimate of drug-likeness (QED) is 0.326. The summed E-state index contributed by atoms with van der Waals surface area (Å²) in [7, 11) is 3.17. The van der Waals surface area contributed by atoms with E-state index in [9.17, 15) is 9.18 Å². The Kier molecular flexibility index (Phi) is 7.70. The molecule has 0 unspecified atom stereocenters. The summed E-state index contributed by atoms with van der Waals surface area (Å²) in [5.41, 5.74) is 3.93. The van der Waals surface area contributed by atoms with Gasteiger partial charge in [-0.25, -0.2) is 14.2 Å². The first-order valence-electron chi connectivity index (χ1n) is 12.6. The van der Waals surface area contributed by atoms with Crippen molar-refractivity contribution in [2.45, 2.75) is 12.0 Å². The second-order valence-corrected chi connectivity index (χ2v) is 9.32. The number of ether oxygens (including phenoxy) is 2. The zero-order valence-corrected chi connectivity index (χ0v) is 21.5. The number of rotatable bonds is 8. The molecule has 4 aromatic rings. The zero-order valence-electron chi connectivity index (χ0n) is 21.5. The lowest BCUT2D eigenvalue weighted by molar-refractivity contribution is 0.246. The first-order valence-corrected chi connectivity index (χ1v) is 12.6. The Hall–Kier alpha value is -4.17. The van der Waals surface area contributed by atoms with Crippen molar-refractivity contribution in [2.75, 3.05) is 45.8 Å². The highest BCUT2D eigenvalue weighted by atomic mass is 19.1. The minimum Gasteiger partial charge on any atom is -0.493 e. The number of nitrogens with zero attached hydrogens (tertiary/aromatic N) is 2. The number of methoxy groups -OCH3 is 2. The Morgan fingerprint density at radius 2 is 1.66 bits per heavy atom. The monoisotopic (exact) mass is 514 g/mol. The Morgan fingerprint density at radius 1 is 0.974 bits per heavy atom. The molecule has 0 spiro atoms. The lowest BCUT2D eigenvalue weighted by Crippen LogP contribution is -2.42. The number of hydrogen-bond acceptors (Lipinski definition) is 5. The summed E-state index contributed by atoms with van der Waals surface area (Å²) in [4.78, 5) is 20.3. The second-order valence-electron chi connectivity index (χ2n) is 9.32. The number of pyridine rings is 1. The summed E-state index contributed by atoms with van der Waals surface area (Å²) in [6.07, 6.45) is 0. The van der Waals surface area contributed by atoms with E-state index >= 15 is 0 Å². The van der Waals surface area contributed by atoms with Crippen LogP contribution in [-0.2, 0) is 0 Å². The number of fused-ring (bicyclic) bond motifs is 1. The van der Waals surface area contributed by atoms with Gasteiger partial charge in [0.25, 0.3) is 0 Å². The van der Waals surface area contributed by atoms with E-state index < -0.39 is 6.67 Å². The molecule has 1 aliphatic heterocycles. The fourth-order valence-corrected chi connectivity index (χ4v) is 5.11. The minimum atomic E-state index is -0.419. The Labute approximate surface area is 221 Å². The van der Waals surface area contributed by atoms with E-state index in [0.717, 1.165) is 16.5 Å². The van der Waals surface area contributed by atoms with Gasteiger partial charge in [-0.2, -0.15) is 0 Å². The van der Waals surface area contributed by atoms with Crippen molar-refractivity contribution in [3.05, 3.63) is 84.4 Å². The molecule has 1 aromatic heterocycles. The number of anilines is 1. The van der Waals surface area contributed by atoms with Crippen LogP contribution in [-0.4, -0.2) is 62.5 Å². The number of carbonyl (C=O) groups excluding carboxylic acids is 1. The van der Waals surface area contributed by atoms with Crippen LogP contribution in [0.4, 0.5) is 14.9 Å². The van der Waals surface area contributed by atoms with E-state index in [-0.39, 0.29) is 18.0 Å². The summed E-state index contributed by atoms with van der Waals surface area (Å²) in [6.45, 7) is 1.20. The second kappa shape index (κ2) is 11.5. The number of hydrogen-bond donors (Lipinski definition) is 2. The predicted molar refractivity (Wildman–Crippen MR) is 148 cm³/mol. The average Bonchev–Trinajstić information content (AvgIpc) is 3.34. The molecule has 38 heavy (non-hydrogen) atoms. The lowest BCUT2D eigenvalue weighted by Gasteiger charge is -2.21. The van der Waals surface area contributed by atoms with Crippen LogP contribution in [0.15, 0.2) is 78.9 Å². The maximum atomic E-state index is 13.4. The first kappa shape index (κ1) is 25.5. The standard InChI is InChI=1S/C30H31FN4O3/c1-37-27-16-22-15-25(29(21-11-7-4-8-12-21)32-24(22)17-28(27)38-2)33-30(36)34-26-19-35(14-13-31)18-23(26)20-9-5-3-6-10-20/h3-12,15-17,23,26H,13-14,18-19H2,1-2H3,(H2,33,34,36)/t23-,26+/m1/s1. The molecule has 1 saturated heterocycles. The van der Waals surface area contributed by atoms with Gasteiger partial charge >= 0.3 is 6.03 Å². The number of amides is 2. The first-order chi connectivity index (χ1) is 18.6. The van der Waals surface area contributed by atoms with Crippen LogP contribution < -0.4 is 20.1 Å². The molecule has 2 heterocycles. The van der Waals surface area contributed by atoms with Crippen LogP contribution in [0.5, 0.6) is 11.5 Å². The SMILES string of the molecule is COc1cc2cc(NC(=O)N[C@H]3CN(CCF)C[C@@H]3c3ccccc3)c(-c3ccccc3)nc2cc1OC. The van der Waals surface area contributed by atoms with Crippen LogP contribution in [0.2, 0.25) is 0 Å². The predicted octanol–water partition coefficient (Wildman–Crippen LogP) is 5.48. The Morgan fingerprint density at radius 3 is 2.34 bits per heavy atom. The number of alkyl halides is 1. The van der Waals surface area contributed by atoms with Gasteiger partial charge < -0.3 is 20.1 Å². The van der Waals surface area contributed by atoms with Crippen LogP contribution in [0, 0.1) is 0 Å². The van der Waals surface area contributed by atoms with E-state index in [1.165, 1.54) is 0 Å². The van der Waals surface area contributed by atoms with Crippen LogP contribution in [0.25, 0.3) is 22.2 Å². The molecule has 7 nitrogen and oxygen atoms in total. The molecule has 0 aliphatic carbocycles. The van der Waals surface area contributed by atoms with Crippen molar-refractivity contribution in [1.82, 2.24) is 15.2 Å².